The molecule has 7 heteroatoms. The Morgan fingerprint density at radius 1 is 1.30 bits per heavy atom. The highest BCUT2D eigenvalue weighted by Gasteiger charge is 2.20. The first-order valence-electron chi connectivity index (χ1n) is 6.45. The summed E-state index contributed by atoms with van der Waals surface area (Å²) in [5.74, 6) is -7.21. The van der Waals surface area contributed by atoms with Gasteiger partial charge in [-0.3, -0.25) is 4.79 Å². The van der Waals surface area contributed by atoms with Crippen molar-refractivity contribution in [2.45, 2.75) is 12.8 Å². The highest BCUT2D eigenvalue weighted by molar-refractivity contribution is 5.94. The third kappa shape index (κ3) is 3.04. The SMILES string of the molecule is O=C(NCC1CC[NH2+]CC1)c1cc(F)c(F)c([O-])c1F. The van der Waals surface area contributed by atoms with Crippen LogP contribution in [0.5, 0.6) is 5.75 Å². The summed E-state index contributed by atoms with van der Waals surface area (Å²) in [7, 11) is 0. The number of benzene rings is 1. The maximum atomic E-state index is 13.5. The number of quaternary nitrogens is 1. The Bertz CT molecular complexity index is 517. The van der Waals surface area contributed by atoms with Gasteiger partial charge in [0, 0.05) is 19.4 Å². The van der Waals surface area contributed by atoms with Crippen molar-refractivity contribution in [3.8, 4) is 5.75 Å². The number of nitrogens with one attached hydrogen (secondary N) is 1. The minimum Gasteiger partial charge on any atom is -0.868 e. The molecule has 0 saturated carbocycles. The molecule has 3 N–H and O–H groups in total. The number of piperidine rings is 1. The normalized spacial score (nSPS) is 16.1. The Kier molecular flexibility index (Phi) is 4.49. The van der Waals surface area contributed by atoms with Crippen LogP contribution in [0.4, 0.5) is 13.2 Å². The summed E-state index contributed by atoms with van der Waals surface area (Å²) in [4.78, 5) is 11.7. The van der Waals surface area contributed by atoms with Gasteiger partial charge in [-0.2, -0.15) is 0 Å². The molecule has 1 heterocycles. The first kappa shape index (κ1) is 14.6. The minimum atomic E-state index is -1.80. The molecule has 0 aromatic heterocycles. The van der Waals surface area contributed by atoms with Crippen molar-refractivity contribution in [3.05, 3.63) is 29.1 Å². The Labute approximate surface area is 114 Å². The largest absolute Gasteiger partial charge is 0.868 e. The first-order valence-corrected chi connectivity index (χ1v) is 6.45. The monoisotopic (exact) mass is 288 g/mol. The van der Waals surface area contributed by atoms with Crippen LogP contribution in [0.3, 0.4) is 0 Å². The van der Waals surface area contributed by atoms with Crippen LogP contribution < -0.4 is 15.7 Å². The van der Waals surface area contributed by atoms with Gasteiger partial charge < -0.3 is 15.7 Å². The fourth-order valence-corrected chi connectivity index (χ4v) is 2.28. The molecule has 1 aliphatic rings. The number of carbonyl (C=O) groups excluding carboxylic acids is 1. The Hall–Kier alpha value is -1.76. The van der Waals surface area contributed by atoms with Gasteiger partial charge in [0.25, 0.3) is 5.91 Å². The molecular weight excluding hydrogens is 273 g/mol. The highest BCUT2D eigenvalue weighted by Crippen LogP contribution is 2.23. The first-order chi connectivity index (χ1) is 9.50. The molecule has 1 aromatic carbocycles. The fourth-order valence-electron chi connectivity index (χ4n) is 2.28. The minimum absolute atomic E-state index is 0.282. The second-order valence-electron chi connectivity index (χ2n) is 4.88. The summed E-state index contributed by atoms with van der Waals surface area (Å²) < 4.78 is 39.4. The third-order valence-electron chi connectivity index (χ3n) is 3.47. The summed E-state index contributed by atoms with van der Waals surface area (Å²) >= 11 is 0. The molecule has 1 aromatic rings. The lowest BCUT2D eigenvalue weighted by atomic mass is 9.98. The van der Waals surface area contributed by atoms with E-state index in [-0.39, 0.29) is 5.92 Å². The molecular formula is C13H15F3N2O2. The second kappa shape index (κ2) is 6.13. The second-order valence-corrected chi connectivity index (χ2v) is 4.88. The zero-order valence-corrected chi connectivity index (χ0v) is 10.7. The molecule has 0 radical (unpaired) electrons. The molecule has 20 heavy (non-hydrogen) atoms. The average Bonchev–Trinajstić information content (AvgIpc) is 2.47. The van der Waals surface area contributed by atoms with E-state index < -0.39 is 34.7 Å². The van der Waals surface area contributed by atoms with Crippen LogP contribution in [0.2, 0.25) is 0 Å². The van der Waals surface area contributed by atoms with Gasteiger partial charge in [0.15, 0.2) is 11.6 Å². The molecule has 0 aliphatic carbocycles. The number of hydrogen-bond acceptors (Lipinski definition) is 2. The van der Waals surface area contributed by atoms with E-state index in [1.807, 2.05) is 0 Å². The maximum absolute atomic E-state index is 13.5. The van der Waals surface area contributed by atoms with Crippen molar-refractivity contribution < 1.29 is 28.4 Å². The molecule has 1 aliphatic heterocycles. The zero-order chi connectivity index (χ0) is 14.7. The van der Waals surface area contributed by atoms with Crippen LogP contribution in [0, 0.1) is 23.4 Å². The summed E-state index contributed by atoms with van der Waals surface area (Å²) in [5, 5.41) is 15.7. The van der Waals surface area contributed by atoms with Gasteiger partial charge in [-0.15, -0.1) is 0 Å². The van der Waals surface area contributed by atoms with Crippen molar-refractivity contribution in [3.63, 3.8) is 0 Å². The molecule has 0 spiro atoms. The molecule has 1 saturated heterocycles. The Balaban J connectivity index is 2.05. The number of carbonyl (C=O) groups is 1. The van der Waals surface area contributed by atoms with Crippen LogP contribution in [0.15, 0.2) is 6.07 Å². The van der Waals surface area contributed by atoms with Crippen molar-refractivity contribution in [1.29, 1.82) is 0 Å². The topological polar surface area (TPSA) is 68.8 Å². The molecule has 2 rings (SSSR count). The molecule has 1 fully saturated rings. The van der Waals surface area contributed by atoms with E-state index in [0.29, 0.717) is 12.6 Å². The summed E-state index contributed by atoms with van der Waals surface area (Å²) in [6.07, 6.45) is 1.85. The maximum Gasteiger partial charge on any atom is 0.254 e. The number of rotatable bonds is 3. The number of nitrogens with two attached hydrogens (primary N) is 1. The number of amides is 1. The summed E-state index contributed by atoms with van der Waals surface area (Å²) in [5.41, 5.74) is -0.753. The lowest BCUT2D eigenvalue weighted by molar-refractivity contribution is -0.664. The van der Waals surface area contributed by atoms with Crippen molar-refractivity contribution in [2.24, 2.45) is 5.92 Å². The van der Waals surface area contributed by atoms with E-state index in [2.05, 4.69) is 10.6 Å². The van der Waals surface area contributed by atoms with Crippen molar-refractivity contribution in [2.75, 3.05) is 19.6 Å². The van der Waals surface area contributed by atoms with Crippen LogP contribution in [-0.2, 0) is 0 Å². The molecule has 0 atom stereocenters. The van der Waals surface area contributed by atoms with Gasteiger partial charge in [0.2, 0.25) is 0 Å². The van der Waals surface area contributed by atoms with Gasteiger partial charge in [-0.05, 0) is 17.7 Å². The van der Waals surface area contributed by atoms with E-state index in [4.69, 9.17) is 0 Å². The predicted octanol–water partition coefficient (Wildman–Crippen LogP) is -0.119. The Morgan fingerprint density at radius 3 is 2.60 bits per heavy atom. The van der Waals surface area contributed by atoms with Gasteiger partial charge in [0.05, 0.1) is 18.7 Å². The van der Waals surface area contributed by atoms with Crippen LogP contribution in [0.25, 0.3) is 0 Å². The fraction of sp³-hybridized carbons (Fsp3) is 0.462. The van der Waals surface area contributed by atoms with E-state index >= 15 is 0 Å². The Morgan fingerprint density at radius 2 is 1.95 bits per heavy atom. The third-order valence-corrected chi connectivity index (χ3v) is 3.47. The summed E-state index contributed by atoms with van der Waals surface area (Å²) in [6.45, 7) is 2.26. The molecule has 4 nitrogen and oxygen atoms in total. The lowest BCUT2D eigenvalue weighted by Gasteiger charge is -2.21. The lowest BCUT2D eigenvalue weighted by Crippen LogP contribution is -2.86. The van der Waals surface area contributed by atoms with Gasteiger partial charge >= 0.3 is 0 Å². The van der Waals surface area contributed by atoms with E-state index in [1.54, 1.807) is 0 Å². The highest BCUT2D eigenvalue weighted by atomic mass is 19.2. The smallest absolute Gasteiger partial charge is 0.254 e. The average molecular weight is 288 g/mol. The number of hydrogen-bond donors (Lipinski definition) is 2. The van der Waals surface area contributed by atoms with E-state index in [1.165, 1.54) is 0 Å². The van der Waals surface area contributed by atoms with Crippen molar-refractivity contribution in [1.82, 2.24) is 5.32 Å². The van der Waals surface area contributed by atoms with E-state index in [9.17, 15) is 23.1 Å². The molecule has 1 amide bonds. The van der Waals surface area contributed by atoms with Gasteiger partial charge in [-0.25, -0.2) is 13.2 Å². The van der Waals surface area contributed by atoms with Crippen LogP contribution in [0.1, 0.15) is 23.2 Å². The predicted molar refractivity (Wildman–Crippen MR) is 62.5 cm³/mol. The molecule has 110 valence electrons. The molecule has 0 unspecified atom stereocenters. The standard InChI is InChI=1S/C13H15F3N2O2/c14-9-5-8(10(15)12(19)11(9)16)13(20)18-6-7-1-3-17-4-2-7/h5,7,17,19H,1-4,6H2,(H,18,20). The van der Waals surface area contributed by atoms with Crippen molar-refractivity contribution >= 4 is 5.91 Å². The van der Waals surface area contributed by atoms with Gasteiger partial charge in [-0.1, -0.05) is 0 Å². The molecule has 0 bridgehead atoms. The van der Waals surface area contributed by atoms with Crippen LogP contribution in [-0.4, -0.2) is 25.5 Å². The quantitative estimate of drug-likeness (QED) is 0.761. The van der Waals surface area contributed by atoms with Gasteiger partial charge in [0.1, 0.15) is 5.82 Å². The van der Waals surface area contributed by atoms with E-state index in [0.717, 1.165) is 25.9 Å². The van der Waals surface area contributed by atoms with Crippen LogP contribution >= 0.6 is 0 Å². The summed E-state index contributed by atoms with van der Waals surface area (Å²) in [6, 6.07) is 0.413. The zero-order valence-electron chi connectivity index (χ0n) is 10.7. The number of halogens is 3.